The second-order valence-corrected chi connectivity index (χ2v) is 5.85. The number of amides is 2. The number of aliphatic carboxylic acids is 1. The van der Waals surface area contributed by atoms with Crippen molar-refractivity contribution in [1.29, 1.82) is 0 Å². The Morgan fingerprint density at radius 1 is 1.37 bits per heavy atom. The summed E-state index contributed by atoms with van der Waals surface area (Å²) in [5, 5.41) is 12.3. The van der Waals surface area contributed by atoms with Crippen molar-refractivity contribution in [3.8, 4) is 0 Å². The molecular formula is C14H26N2O3. The van der Waals surface area contributed by atoms with E-state index in [2.05, 4.69) is 26.1 Å². The summed E-state index contributed by atoms with van der Waals surface area (Å²) in [5.74, 6) is -0.0127. The predicted octanol–water partition coefficient (Wildman–Crippen LogP) is 2.32. The molecule has 0 aromatic carbocycles. The van der Waals surface area contributed by atoms with E-state index in [0.717, 1.165) is 6.42 Å². The molecule has 1 rings (SSSR count). The van der Waals surface area contributed by atoms with Gasteiger partial charge in [-0.1, -0.05) is 27.7 Å². The van der Waals surface area contributed by atoms with Crippen molar-refractivity contribution in [3.05, 3.63) is 0 Å². The van der Waals surface area contributed by atoms with Gasteiger partial charge in [0.15, 0.2) is 0 Å². The summed E-state index contributed by atoms with van der Waals surface area (Å²) in [4.78, 5) is 25.2. The first-order chi connectivity index (χ1) is 8.85. The van der Waals surface area contributed by atoms with Gasteiger partial charge in [-0.25, -0.2) is 9.59 Å². The van der Waals surface area contributed by atoms with E-state index in [9.17, 15) is 14.7 Å². The maximum Gasteiger partial charge on any atom is 0.329 e. The molecule has 0 aliphatic carbocycles. The van der Waals surface area contributed by atoms with E-state index in [4.69, 9.17) is 0 Å². The molecule has 1 aliphatic heterocycles. The molecule has 1 fully saturated rings. The Balaban J connectivity index is 2.68. The number of hydrogen-bond acceptors (Lipinski definition) is 2. The minimum absolute atomic E-state index is 0.241. The van der Waals surface area contributed by atoms with Crippen LogP contribution in [0, 0.1) is 11.8 Å². The van der Waals surface area contributed by atoms with Gasteiger partial charge in [-0.05, 0) is 31.1 Å². The molecule has 5 heteroatoms. The van der Waals surface area contributed by atoms with Crippen LogP contribution in [-0.4, -0.2) is 40.6 Å². The SMILES string of the molecule is CCC1(C(=O)O)CCCN1C(=O)NCC(C)C(C)C. The molecule has 2 unspecified atom stereocenters. The van der Waals surface area contributed by atoms with Crippen molar-refractivity contribution < 1.29 is 14.7 Å². The van der Waals surface area contributed by atoms with Crippen LogP contribution in [0.4, 0.5) is 4.79 Å². The quantitative estimate of drug-likeness (QED) is 0.805. The van der Waals surface area contributed by atoms with Crippen molar-refractivity contribution in [3.63, 3.8) is 0 Å². The van der Waals surface area contributed by atoms with Gasteiger partial charge < -0.3 is 15.3 Å². The number of carbonyl (C=O) groups excluding carboxylic acids is 1. The van der Waals surface area contributed by atoms with Gasteiger partial charge in [-0.15, -0.1) is 0 Å². The zero-order valence-corrected chi connectivity index (χ0v) is 12.4. The van der Waals surface area contributed by atoms with E-state index in [1.807, 2.05) is 6.92 Å². The monoisotopic (exact) mass is 270 g/mol. The number of carbonyl (C=O) groups is 2. The summed E-state index contributed by atoms with van der Waals surface area (Å²) in [6.07, 6.45) is 1.76. The normalized spacial score (nSPS) is 24.6. The van der Waals surface area contributed by atoms with Crippen molar-refractivity contribution >= 4 is 12.0 Å². The molecule has 1 aliphatic rings. The molecule has 2 atom stereocenters. The van der Waals surface area contributed by atoms with Crippen LogP contribution in [0.3, 0.4) is 0 Å². The summed E-state index contributed by atoms with van der Waals surface area (Å²) in [6, 6.07) is -0.241. The second kappa shape index (κ2) is 6.26. The van der Waals surface area contributed by atoms with Crippen LogP contribution in [-0.2, 0) is 4.79 Å². The number of carboxylic acid groups (broad SMARTS) is 1. The Bertz CT molecular complexity index is 344. The lowest BCUT2D eigenvalue weighted by atomic mass is 9.93. The number of nitrogens with zero attached hydrogens (tertiary/aromatic N) is 1. The van der Waals surface area contributed by atoms with E-state index >= 15 is 0 Å². The predicted molar refractivity (Wildman–Crippen MR) is 74.0 cm³/mol. The molecule has 0 saturated carbocycles. The van der Waals surface area contributed by atoms with Gasteiger partial charge in [0.25, 0.3) is 0 Å². The molecule has 1 saturated heterocycles. The smallest absolute Gasteiger partial charge is 0.329 e. The average Bonchev–Trinajstić information content (AvgIpc) is 2.80. The summed E-state index contributed by atoms with van der Waals surface area (Å²) in [5.41, 5.74) is -1.01. The third kappa shape index (κ3) is 3.19. The Hall–Kier alpha value is -1.26. The number of likely N-dealkylation sites (tertiary alicyclic amines) is 1. The second-order valence-electron chi connectivity index (χ2n) is 5.85. The third-order valence-electron chi connectivity index (χ3n) is 4.43. The molecular weight excluding hydrogens is 244 g/mol. The van der Waals surface area contributed by atoms with Crippen LogP contribution < -0.4 is 5.32 Å². The summed E-state index contributed by atoms with van der Waals surface area (Å²) in [6.45, 7) is 9.25. The van der Waals surface area contributed by atoms with Crippen LogP contribution in [0.5, 0.6) is 0 Å². The fourth-order valence-electron chi connectivity index (χ4n) is 2.50. The molecule has 110 valence electrons. The van der Waals surface area contributed by atoms with Gasteiger partial charge in [0.2, 0.25) is 0 Å². The van der Waals surface area contributed by atoms with Gasteiger partial charge in [0.1, 0.15) is 5.54 Å². The van der Waals surface area contributed by atoms with Crippen molar-refractivity contribution in [1.82, 2.24) is 10.2 Å². The standard InChI is InChI=1S/C14H26N2O3/c1-5-14(12(17)18)7-6-8-16(14)13(19)15-9-11(4)10(2)3/h10-11H,5-9H2,1-4H3,(H,15,19)(H,17,18). The highest BCUT2D eigenvalue weighted by Crippen LogP contribution is 2.32. The Kier molecular flexibility index (Phi) is 5.20. The van der Waals surface area contributed by atoms with E-state index in [-0.39, 0.29) is 6.03 Å². The van der Waals surface area contributed by atoms with Gasteiger partial charge >= 0.3 is 12.0 Å². The topological polar surface area (TPSA) is 69.6 Å². The first-order valence-electron chi connectivity index (χ1n) is 7.14. The lowest BCUT2D eigenvalue weighted by Gasteiger charge is -2.34. The van der Waals surface area contributed by atoms with E-state index in [1.54, 1.807) is 0 Å². The molecule has 2 amide bonds. The lowest BCUT2D eigenvalue weighted by Crippen LogP contribution is -2.56. The molecule has 1 heterocycles. The number of nitrogens with one attached hydrogen (secondary N) is 1. The Morgan fingerprint density at radius 2 is 2.00 bits per heavy atom. The highest BCUT2D eigenvalue weighted by Gasteiger charge is 2.48. The van der Waals surface area contributed by atoms with Crippen LogP contribution >= 0.6 is 0 Å². The first-order valence-corrected chi connectivity index (χ1v) is 7.14. The van der Waals surface area contributed by atoms with Crippen molar-refractivity contribution in [2.24, 2.45) is 11.8 Å². The third-order valence-corrected chi connectivity index (χ3v) is 4.43. The van der Waals surface area contributed by atoms with Crippen LogP contribution in [0.1, 0.15) is 47.0 Å². The maximum atomic E-state index is 12.2. The Labute approximate surface area is 115 Å². The fourth-order valence-corrected chi connectivity index (χ4v) is 2.50. The summed E-state index contributed by atoms with van der Waals surface area (Å²) in [7, 11) is 0. The Morgan fingerprint density at radius 3 is 2.47 bits per heavy atom. The van der Waals surface area contributed by atoms with Gasteiger partial charge in [0, 0.05) is 13.1 Å². The van der Waals surface area contributed by atoms with Crippen LogP contribution in [0.2, 0.25) is 0 Å². The zero-order chi connectivity index (χ0) is 14.6. The zero-order valence-electron chi connectivity index (χ0n) is 12.4. The van der Waals surface area contributed by atoms with Crippen LogP contribution in [0.25, 0.3) is 0 Å². The minimum Gasteiger partial charge on any atom is -0.479 e. The molecule has 0 radical (unpaired) electrons. The number of rotatable bonds is 5. The number of urea groups is 1. The molecule has 0 aromatic rings. The highest BCUT2D eigenvalue weighted by atomic mass is 16.4. The summed E-state index contributed by atoms with van der Waals surface area (Å²) >= 11 is 0. The van der Waals surface area contributed by atoms with Crippen LogP contribution in [0.15, 0.2) is 0 Å². The molecule has 0 spiro atoms. The molecule has 0 aromatic heterocycles. The molecule has 2 N–H and O–H groups in total. The highest BCUT2D eigenvalue weighted by molar-refractivity contribution is 5.87. The molecule has 5 nitrogen and oxygen atoms in total. The van der Waals surface area contributed by atoms with Gasteiger partial charge in [0.05, 0.1) is 0 Å². The van der Waals surface area contributed by atoms with Gasteiger partial charge in [-0.2, -0.15) is 0 Å². The number of carboxylic acids is 1. The minimum atomic E-state index is -1.01. The van der Waals surface area contributed by atoms with E-state index < -0.39 is 11.5 Å². The first kappa shape index (κ1) is 15.8. The molecule has 19 heavy (non-hydrogen) atoms. The van der Waals surface area contributed by atoms with Crippen molar-refractivity contribution in [2.45, 2.75) is 52.5 Å². The largest absolute Gasteiger partial charge is 0.479 e. The molecule has 0 bridgehead atoms. The lowest BCUT2D eigenvalue weighted by molar-refractivity contribution is -0.148. The van der Waals surface area contributed by atoms with Gasteiger partial charge in [-0.3, -0.25) is 0 Å². The maximum absolute atomic E-state index is 12.2. The fraction of sp³-hybridized carbons (Fsp3) is 0.857. The van der Waals surface area contributed by atoms with E-state index in [0.29, 0.717) is 37.8 Å². The summed E-state index contributed by atoms with van der Waals surface area (Å²) < 4.78 is 0. The average molecular weight is 270 g/mol. The van der Waals surface area contributed by atoms with Crippen molar-refractivity contribution in [2.75, 3.05) is 13.1 Å². The number of hydrogen-bond donors (Lipinski definition) is 2. The van der Waals surface area contributed by atoms with E-state index in [1.165, 1.54) is 4.90 Å².